The summed E-state index contributed by atoms with van der Waals surface area (Å²) >= 11 is 0. The maximum absolute atomic E-state index is 12.9. The molecule has 0 bridgehead atoms. The van der Waals surface area contributed by atoms with Gasteiger partial charge in [-0.1, -0.05) is 0 Å². The predicted octanol–water partition coefficient (Wildman–Crippen LogP) is 2.28. The number of nitro groups is 1. The van der Waals surface area contributed by atoms with Crippen molar-refractivity contribution in [3.05, 3.63) is 63.7 Å². The summed E-state index contributed by atoms with van der Waals surface area (Å²) in [5, 5.41) is 13.1. The van der Waals surface area contributed by atoms with Crippen LogP contribution >= 0.6 is 0 Å². The molecule has 1 aliphatic rings. The van der Waals surface area contributed by atoms with Crippen molar-refractivity contribution in [3.8, 4) is 11.5 Å². The van der Waals surface area contributed by atoms with Gasteiger partial charge >= 0.3 is 6.03 Å². The molecule has 1 N–H and O–H groups in total. The number of non-ortho nitro benzene ring substituents is 1. The van der Waals surface area contributed by atoms with Crippen molar-refractivity contribution in [2.24, 2.45) is 0 Å². The van der Waals surface area contributed by atoms with E-state index in [-0.39, 0.29) is 28.3 Å². The topological polar surface area (TPSA) is 128 Å². The number of ether oxygens (including phenoxy) is 2. The van der Waals surface area contributed by atoms with Gasteiger partial charge < -0.3 is 9.47 Å². The first-order chi connectivity index (χ1) is 13.8. The van der Waals surface area contributed by atoms with Gasteiger partial charge in [-0.3, -0.25) is 25.0 Å². The number of barbiturate groups is 1. The van der Waals surface area contributed by atoms with Crippen LogP contribution in [0.5, 0.6) is 11.5 Å². The molecule has 1 heterocycles. The lowest BCUT2D eigenvalue weighted by atomic mass is 10.1. The third-order valence-corrected chi connectivity index (χ3v) is 4.16. The number of carbonyl (C=O) groups is 3. The van der Waals surface area contributed by atoms with Gasteiger partial charge in [-0.05, 0) is 36.4 Å². The molecule has 148 valence electrons. The Morgan fingerprint density at radius 3 is 2.31 bits per heavy atom. The van der Waals surface area contributed by atoms with Crippen molar-refractivity contribution in [2.45, 2.75) is 0 Å². The van der Waals surface area contributed by atoms with Crippen molar-refractivity contribution < 1.29 is 28.8 Å². The number of urea groups is 1. The lowest BCUT2D eigenvalue weighted by molar-refractivity contribution is -0.384. The van der Waals surface area contributed by atoms with E-state index in [1.54, 1.807) is 12.1 Å². The second-order valence-corrected chi connectivity index (χ2v) is 5.84. The van der Waals surface area contributed by atoms with E-state index in [9.17, 15) is 24.5 Å². The molecule has 29 heavy (non-hydrogen) atoms. The largest absolute Gasteiger partial charge is 0.497 e. The van der Waals surface area contributed by atoms with Crippen molar-refractivity contribution in [2.75, 3.05) is 19.1 Å². The summed E-state index contributed by atoms with van der Waals surface area (Å²) in [5.41, 5.74) is -0.259. The first kappa shape index (κ1) is 19.5. The number of nitrogens with one attached hydrogen (secondary N) is 1. The Labute approximate surface area is 164 Å². The van der Waals surface area contributed by atoms with E-state index in [4.69, 9.17) is 9.47 Å². The molecule has 0 aliphatic carbocycles. The van der Waals surface area contributed by atoms with Gasteiger partial charge in [0.25, 0.3) is 17.5 Å². The number of amides is 4. The molecular weight excluding hydrogens is 382 g/mol. The fraction of sp³-hybridized carbons (Fsp3) is 0.105. The van der Waals surface area contributed by atoms with Gasteiger partial charge in [0.1, 0.15) is 17.1 Å². The number of methoxy groups -OCH3 is 2. The number of hydrogen-bond acceptors (Lipinski definition) is 7. The number of hydrogen-bond donors (Lipinski definition) is 1. The van der Waals surface area contributed by atoms with Crippen molar-refractivity contribution in [1.82, 2.24) is 5.32 Å². The molecule has 0 aromatic heterocycles. The molecule has 0 radical (unpaired) electrons. The average Bonchev–Trinajstić information content (AvgIpc) is 2.71. The minimum atomic E-state index is -0.918. The molecule has 0 unspecified atom stereocenters. The summed E-state index contributed by atoms with van der Waals surface area (Å²) in [6.45, 7) is 0. The van der Waals surface area contributed by atoms with Gasteiger partial charge in [0.2, 0.25) is 0 Å². The fourth-order valence-electron chi connectivity index (χ4n) is 2.73. The first-order valence-electron chi connectivity index (χ1n) is 8.23. The second-order valence-electron chi connectivity index (χ2n) is 5.84. The zero-order chi connectivity index (χ0) is 21.1. The minimum Gasteiger partial charge on any atom is -0.497 e. The van der Waals surface area contributed by atoms with Gasteiger partial charge in [-0.15, -0.1) is 0 Å². The Balaban J connectivity index is 2.05. The molecule has 2 aromatic carbocycles. The van der Waals surface area contributed by atoms with Crippen LogP contribution < -0.4 is 19.7 Å². The normalized spacial score (nSPS) is 15.3. The summed E-state index contributed by atoms with van der Waals surface area (Å²) in [5.74, 6) is -1.06. The van der Waals surface area contributed by atoms with Crippen LogP contribution in [0.2, 0.25) is 0 Å². The van der Waals surface area contributed by atoms with Crippen LogP contribution in [0.3, 0.4) is 0 Å². The summed E-state index contributed by atoms with van der Waals surface area (Å²) in [4.78, 5) is 48.6. The number of benzene rings is 2. The number of anilines is 1. The number of carbonyl (C=O) groups excluding carboxylic acids is 3. The lowest BCUT2D eigenvalue weighted by Crippen LogP contribution is -2.54. The lowest BCUT2D eigenvalue weighted by Gasteiger charge is -2.26. The minimum absolute atomic E-state index is 0.143. The SMILES string of the molecule is COc1ccc(N2C(=O)NC(=O)/C(=C\c3cc([N+](=O)[O-])ccc3OC)C2=O)cc1. The third kappa shape index (κ3) is 3.76. The second kappa shape index (κ2) is 7.80. The van der Waals surface area contributed by atoms with E-state index in [0.717, 1.165) is 11.0 Å². The van der Waals surface area contributed by atoms with E-state index in [2.05, 4.69) is 5.32 Å². The Morgan fingerprint density at radius 2 is 1.72 bits per heavy atom. The quantitative estimate of drug-likeness (QED) is 0.355. The molecule has 1 aliphatic heterocycles. The van der Waals surface area contributed by atoms with E-state index in [1.807, 2.05) is 0 Å². The van der Waals surface area contributed by atoms with Gasteiger partial charge in [0.15, 0.2) is 0 Å². The summed E-state index contributed by atoms with van der Waals surface area (Å²) in [6, 6.07) is 8.92. The van der Waals surface area contributed by atoms with Crippen molar-refractivity contribution in [3.63, 3.8) is 0 Å². The van der Waals surface area contributed by atoms with Crippen LogP contribution in [-0.2, 0) is 9.59 Å². The highest BCUT2D eigenvalue weighted by Gasteiger charge is 2.37. The molecule has 1 fully saturated rings. The standard InChI is InChI=1S/C19H15N3O7/c1-28-14-6-3-12(4-7-14)21-18(24)15(17(23)20-19(21)25)10-11-9-13(22(26)27)5-8-16(11)29-2/h3-10H,1-2H3,(H,20,23,25)/b15-10+. The summed E-state index contributed by atoms with van der Waals surface area (Å²) in [7, 11) is 2.82. The average molecular weight is 397 g/mol. The summed E-state index contributed by atoms with van der Waals surface area (Å²) < 4.78 is 10.2. The Bertz CT molecular complexity index is 1040. The predicted molar refractivity (Wildman–Crippen MR) is 102 cm³/mol. The number of imide groups is 2. The zero-order valence-corrected chi connectivity index (χ0v) is 15.4. The number of nitro benzene ring substituents is 1. The molecule has 2 aromatic rings. The van der Waals surface area contributed by atoms with Gasteiger partial charge in [-0.2, -0.15) is 0 Å². The fourth-order valence-corrected chi connectivity index (χ4v) is 2.73. The highest BCUT2D eigenvalue weighted by atomic mass is 16.6. The monoisotopic (exact) mass is 397 g/mol. The van der Waals surface area contributed by atoms with Crippen molar-refractivity contribution in [1.29, 1.82) is 0 Å². The van der Waals surface area contributed by atoms with Crippen LogP contribution in [0, 0.1) is 10.1 Å². The van der Waals surface area contributed by atoms with E-state index >= 15 is 0 Å². The molecule has 0 atom stereocenters. The molecule has 0 spiro atoms. The Hall–Kier alpha value is -4.21. The van der Waals surface area contributed by atoms with Gasteiger partial charge in [-0.25, -0.2) is 9.69 Å². The highest BCUT2D eigenvalue weighted by molar-refractivity contribution is 6.39. The molecule has 3 rings (SSSR count). The van der Waals surface area contributed by atoms with E-state index in [0.29, 0.717) is 5.75 Å². The number of rotatable bonds is 5. The molecule has 10 nitrogen and oxygen atoms in total. The van der Waals surface area contributed by atoms with E-state index < -0.39 is 22.8 Å². The van der Waals surface area contributed by atoms with E-state index in [1.165, 1.54) is 44.6 Å². The third-order valence-electron chi connectivity index (χ3n) is 4.16. The van der Waals surface area contributed by atoms with Crippen molar-refractivity contribution >= 4 is 35.3 Å². The molecule has 1 saturated heterocycles. The molecule has 10 heteroatoms. The summed E-state index contributed by atoms with van der Waals surface area (Å²) in [6.07, 6.45) is 1.15. The smallest absolute Gasteiger partial charge is 0.335 e. The first-order valence-corrected chi connectivity index (χ1v) is 8.23. The molecule has 0 saturated carbocycles. The Morgan fingerprint density at radius 1 is 1.03 bits per heavy atom. The molecular formula is C19H15N3O7. The number of nitrogens with zero attached hydrogens (tertiary/aromatic N) is 2. The highest BCUT2D eigenvalue weighted by Crippen LogP contribution is 2.29. The maximum atomic E-state index is 12.9. The van der Waals surface area contributed by atoms with Gasteiger partial charge in [0, 0.05) is 17.7 Å². The molecule has 4 amide bonds. The Kier molecular flexibility index (Phi) is 5.26. The maximum Gasteiger partial charge on any atom is 0.335 e. The van der Waals surface area contributed by atoms with Crippen LogP contribution in [0.4, 0.5) is 16.2 Å². The van der Waals surface area contributed by atoms with Crippen LogP contribution in [-0.4, -0.2) is 37.0 Å². The van der Waals surface area contributed by atoms with Crippen LogP contribution in [0.25, 0.3) is 6.08 Å². The van der Waals surface area contributed by atoms with Gasteiger partial charge in [0.05, 0.1) is 24.8 Å². The zero-order valence-electron chi connectivity index (χ0n) is 15.4. The van der Waals surface area contributed by atoms with Crippen LogP contribution in [0.1, 0.15) is 5.56 Å². The van der Waals surface area contributed by atoms with Crippen LogP contribution in [0.15, 0.2) is 48.0 Å².